The summed E-state index contributed by atoms with van der Waals surface area (Å²) in [4.78, 5) is 16.7. The van der Waals surface area contributed by atoms with Crippen LogP contribution < -0.4 is 10.2 Å². The van der Waals surface area contributed by atoms with Gasteiger partial charge in [-0.2, -0.15) is 9.97 Å². The molecule has 4 heterocycles. The van der Waals surface area contributed by atoms with E-state index in [4.69, 9.17) is 14.4 Å². The van der Waals surface area contributed by atoms with Gasteiger partial charge in [-0.25, -0.2) is 4.98 Å². The number of nitrogens with one attached hydrogen (secondary N) is 1. The first-order valence-corrected chi connectivity index (χ1v) is 12.8. The maximum absolute atomic E-state index is 5.73. The van der Waals surface area contributed by atoms with Gasteiger partial charge in [0.25, 0.3) is 0 Å². The lowest BCUT2D eigenvalue weighted by Gasteiger charge is -2.31. The lowest BCUT2D eigenvalue weighted by Crippen LogP contribution is -2.35. The smallest absolute Gasteiger partial charge is 0.229 e. The minimum absolute atomic E-state index is 0.0620. The first kappa shape index (κ1) is 24.2. The molecule has 5 rings (SSSR count). The van der Waals surface area contributed by atoms with E-state index in [0.29, 0.717) is 17.5 Å². The normalized spacial score (nSPS) is 15.1. The van der Waals surface area contributed by atoms with Crippen LogP contribution in [0.2, 0.25) is 0 Å². The third-order valence-corrected chi connectivity index (χ3v) is 7.09. The van der Waals surface area contributed by atoms with Gasteiger partial charge in [0.1, 0.15) is 5.52 Å². The summed E-state index contributed by atoms with van der Waals surface area (Å²) in [6.45, 7) is 12.6. The van der Waals surface area contributed by atoms with Crippen molar-refractivity contribution in [1.82, 2.24) is 29.7 Å². The third kappa shape index (κ3) is 4.92. The number of rotatable bonds is 6. The number of imidazole rings is 1. The van der Waals surface area contributed by atoms with E-state index in [1.165, 1.54) is 11.1 Å². The van der Waals surface area contributed by atoms with E-state index < -0.39 is 0 Å². The fraction of sp³-hybridized carbons (Fsp3) is 0.519. The molecule has 0 radical (unpaired) electrons. The van der Waals surface area contributed by atoms with E-state index in [1.54, 1.807) is 6.33 Å². The minimum atomic E-state index is 0.0620. The molecule has 1 aliphatic rings. The molecule has 1 fully saturated rings. The maximum atomic E-state index is 5.73. The van der Waals surface area contributed by atoms with Crippen LogP contribution in [0.3, 0.4) is 0 Å². The van der Waals surface area contributed by atoms with Crippen LogP contribution in [-0.4, -0.2) is 42.8 Å². The molecule has 1 aromatic carbocycles. The molecule has 9 heteroatoms. The highest BCUT2D eigenvalue weighted by atomic mass is 16.4. The Morgan fingerprint density at radius 2 is 1.83 bits per heavy atom. The van der Waals surface area contributed by atoms with E-state index in [1.807, 2.05) is 18.5 Å². The maximum Gasteiger partial charge on any atom is 0.229 e. The highest BCUT2D eigenvalue weighted by Crippen LogP contribution is 2.32. The van der Waals surface area contributed by atoms with Crippen molar-refractivity contribution in [2.75, 3.05) is 23.3 Å². The molecule has 36 heavy (non-hydrogen) atoms. The molecule has 0 unspecified atom stereocenters. The second kappa shape index (κ2) is 9.52. The van der Waals surface area contributed by atoms with Crippen molar-refractivity contribution in [1.29, 1.82) is 0 Å². The molecule has 0 aliphatic carbocycles. The predicted octanol–water partition coefficient (Wildman–Crippen LogP) is 5.12. The number of benzene rings is 1. The van der Waals surface area contributed by atoms with Crippen molar-refractivity contribution < 1.29 is 4.42 Å². The van der Waals surface area contributed by atoms with Crippen LogP contribution in [0.15, 0.2) is 28.9 Å². The molecule has 0 spiro atoms. The Hall–Kier alpha value is -3.49. The minimum Gasteiger partial charge on any atom is -0.425 e. The molecule has 0 amide bonds. The van der Waals surface area contributed by atoms with Crippen molar-refractivity contribution in [3.05, 3.63) is 47.4 Å². The molecule has 9 nitrogen and oxygen atoms in total. The van der Waals surface area contributed by atoms with Gasteiger partial charge in [0.2, 0.25) is 17.7 Å². The van der Waals surface area contributed by atoms with Gasteiger partial charge in [-0.15, -0.1) is 10.2 Å². The SMILES string of the molecule is CCc1nnc(CC2CCN(c3nc(Nc4cc(C(C)(C)C)ccc4C)c4c(ncn4C)n3)CC2)o1. The average molecular weight is 489 g/mol. The zero-order valence-electron chi connectivity index (χ0n) is 22.2. The number of piperidine rings is 1. The van der Waals surface area contributed by atoms with Crippen LogP contribution in [0.1, 0.15) is 63.4 Å². The number of fused-ring (bicyclic) bond motifs is 1. The Labute approximate surface area is 212 Å². The summed E-state index contributed by atoms with van der Waals surface area (Å²) in [6, 6.07) is 6.60. The van der Waals surface area contributed by atoms with Crippen molar-refractivity contribution in [2.45, 2.75) is 65.7 Å². The van der Waals surface area contributed by atoms with Crippen LogP contribution in [-0.2, 0) is 25.3 Å². The molecular formula is C27H36N8O. The lowest BCUT2D eigenvalue weighted by atomic mass is 9.86. The largest absolute Gasteiger partial charge is 0.425 e. The molecular weight excluding hydrogens is 452 g/mol. The lowest BCUT2D eigenvalue weighted by molar-refractivity contribution is 0.354. The summed E-state index contributed by atoms with van der Waals surface area (Å²) in [7, 11) is 1.98. The zero-order chi connectivity index (χ0) is 25.4. The molecule has 3 aromatic heterocycles. The van der Waals surface area contributed by atoms with E-state index in [9.17, 15) is 0 Å². The molecule has 0 atom stereocenters. The third-order valence-electron chi connectivity index (χ3n) is 7.09. The van der Waals surface area contributed by atoms with Crippen LogP contribution in [0.4, 0.5) is 17.5 Å². The Bertz CT molecular complexity index is 1360. The Morgan fingerprint density at radius 3 is 2.53 bits per heavy atom. The molecule has 0 bridgehead atoms. The topological polar surface area (TPSA) is 97.8 Å². The average Bonchev–Trinajstić information content (AvgIpc) is 3.46. The summed E-state index contributed by atoms with van der Waals surface area (Å²) in [5.74, 6) is 3.48. The van der Waals surface area contributed by atoms with E-state index in [-0.39, 0.29) is 5.41 Å². The molecule has 4 aromatic rings. The highest BCUT2D eigenvalue weighted by molar-refractivity contribution is 5.87. The second-order valence-corrected chi connectivity index (χ2v) is 10.9. The highest BCUT2D eigenvalue weighted by Gasteiger charge is 2.25. The summed E-state index contributed by atoms with van der Waals surface area (Å²) >= 11 is 0. The van der Waals surface area contributed by atoms with E-state index in [0.717, 1.165) is 67.6 Å². The fourth-order valence-corrected chi connectivity index (χ4v) is 4.72. The Kier molecular flexibility index (Phi) is 6.40. The van der Waals surface area contributed by atoms with Gasteiger partial charge in [0.05, 0.1) is 6.33 Å². The Balaban J connectivity index is 1.38. The number of aryl methyl sites for hydroxylation is 3. The summed E-state index contributed by atoms with van der Waals surface area (Å²) in [5.41, 5.74) is 5.17. The molecule has 0 saturated carbocycles. The number of anilines is 3. The molecule has 1 N–H and O–H groups in total. The van der Waals surface area contributed by atoms with Crippen LogP contribution >= 0.6 is 0 Å². The standard InChI is InChI=1S/C27H36N8O/c1-7-21-32-33-22(36-21)14-18-10-12-35(13-11-18)26-30-24-23(34(6)16-28-24)25(31-26)29-20-15-19(27(3,4)5)9-8-17(20)2/h8-9,15-16,18H,7,10-14H2,1-6H3,(H,29,30,31). The summed E-state index contributed by atoms with van der Waals surface area (Å²) in [6.07, 6.45) is 5.46. The molecule has 190 valence electrons. The van der Waals surface area contributed by atoms with Crippen LogP contribution in [0.5, 0.6) is 0 Å². The van der Waals surface area contributed by atoms with Gasteiger partial charge in [0.15, 0.2) is 11.5 Å². The first-order chi connectivity index (χ1) is 17.2. The van der Waals surface area contributed by atoms with Gasteiger partial charge < -0.3 is 19.2 Å². The number of hydrogen-bond donors (Lipinski definition) is 1. The van der Waals surface area contributed by atoms with Crippen molar-refractivity contribution in [3.8, 4) is 0 Å². The second-order valence-electron chi connectivity index (χ2n) is 10.9. The van der Waals surface area contributed by atoms with Gasteiger partial charge >= 0.3 is 0 Å². The van der Waals surface area contributed by atoms with Crippen molar-refractivity contribution in [3.63, 3.8) is 0 Å². The summed E-state index contributed by atoms with van der Waals surface area (Å²) in [5, 5.41) is 11.9. The van der Waals surface area contributed by atoms with Gasteiger partial charge in [-0.1, -0.05) is 39.8 Å². The van der Waals surface area contributed by atoms with E-state index >= 15 is 0 Å². The zero-order valence-corrected chi connectivity index (χ0v) is 22.2. The predicted molar refractivity (Wildman–Crippen MR) is 142 cm³/mol. The number of hydrogen-bond acceptors (Lipinski definition) is 8. The number of nitrogens with zero attached hydrogens (tertiary/aromatic N) is 7. The van der Waals surface area contributed by atoms with E-state index in [2.05, 4.69) is 71.3 Å². The molecule has 1 aliphatic heterocycles. The molecule has 1 saturated heterocycles. The number of aromatic nitrogens is 6. The van der Waals surface area contributed by atoms with Gasteiger partial charge in [-0.05, 0) is 48.3 Å². The fourth-order valence-electron chi connectivity index (χ4n) is 4.72. The van der Waals surface area contributed by atoms with Crippen LogP contribution in [0, 0.1) is 12.8 Å². The van der Waals surface area contributed by atoms with Crippen LogP contribution in [0.25, 0.3) is 11.2 Å². The quantitative estimate of drug-likeness (QED) is 0.399. The Morgan fingerprint density at radius 1 is 1.08 bits per heavy atom. The monoisotopic (exact) mass is 488 g/mol. The van der Waals surface area contributed by atoms with Crippen molar-refractivity contribution >= 4 is 28.6 Å². The van der Waals surface area contributed by atoms with Gasteiger partial charge in [0, 0.05) is 38.7 Å². The van der Waals surface area contributed by atoms with Gasteiger partial charge in [-0.3, -0.25) is 0 Å². The van der Waals surface area contributed by atoms with Crippen molar-refractivity contribution in [2.24, 2.45) is 13.0 Å². The summed E-state index contributed by atoms with van der Waals surface area (Å²) < 4.78 is 7.71. The first-order valence-electron chi connectivity index (χ1n) is 12.8.